The molecular formula is C13H15NO2. The van der Waals surface area contributed by atoms with Gasteiger partial charge in [0.25, 0.3) is 0 Å². The average Bonchev–Trinajstić information content (AvgIpc) is 2.23. The highest BCUT2D eigenvalue weighted by Gasteiger charge is 2.12. The molecule has 1 aromatic heterocycles. The molecule has 0 spiro atoms. The van der Waals surface area contributed by atoms with Gasteiger partial charge in [-0.3, -0.25) is 0 Å². The van der Waals surface area contributed by atoms with Crippen LogP contribution in [0, 0.1) is 27.7 Å². The SMILES string of the molecule is Cc1cc2oc(=O)c(C)c(C)c2c(C)c1N. The monoisotopic (exact) mass is 217 g/mol. The van der Waals surface area contributed by atoms with E-state index in [4.69, 9.17) is 10.2 Å². The van der Waals surface area contributed by atoms with E-state index in [9.17, 15) is 4.79 Å². The molecule has 3 heteroatoms. The van der Waals surface area contributed by atoms with Crippen LogP contribution < -0.4 is 11.4 Å². The largest absolute Gasteiger partial charge is 0.422 e. The molecule has 0 saturated heterocycles. The first kappa shape index (κ1) is 10.7. The van der Waals surface area contributed by atoms with E-state index in [1.54, 1.807) is 6.92 Å². The molecule has 2 N–H and O–H groups in total. The summed E-state index contributed by atoms with van der Waals surface area (Å²) in [5.41, 5.74) is 10.6. The van der Waals surface area contributed by atoms with Gasteiger partial charge in [-0.05, 0) is 50.5 Å². The summed E-state index contributed by atoms with van der Waals surface area (Å²) in [5.74, 6) is 0. The minimum Gasteiger partial charge on any atom is -0.422 e. The lowest BCUT2D eigenvalue weighted by molar-refractivity contribution is 0.553. The third-order valence-corrected chi connectivity index (χ3v) is 3.24. The van der Waals surface area contributed by atoms with Crippen molar-refractivity contribution in [1.82, 2.24) is 0 Å². The molecule has 2 rings (SSSR count). The zero-order chi connectivity index (χ0) is 12.0. The van der Waals surface area contributed by atoms with E-state index in [1.807, 2.05) is 26.8 Å². The summed E-state index contributed by atoms with van der Waals surface area (Å²) in [6, 6.07) is 1.82. The summed E-state index contributed by atoms with van der Waals surface area (Å²) in [5, 5.41) is 0.959. The van der Waals surface area contributed by atoms with Crippen LogP contribution in [0.4, 0.5) is 5.69 Å². The van der Waals surface area contributed by atoms with Crippen LogP contribution in [0.5, 0.6) is 0 Å². The van der Waals surface area contributed by atoms with Crippen molar-refractivity contribution < 1.29 is 4.42 Å². The van der Waals surface area contributed by atoms with E-state index in [0.717, 1.165) is 27.8 Å². The molecule has 0 aliphatic heterocycles. The molecule has 0 atom stereocenters. The van der Waals surface area contributed by atoms with Gasteiger partial charge < -0.3 is 10.2 Å². The maximum Gasteiger partial charge on any atom is 0.339 e. The first-order chi connectivity index (χ1) is 7.43. The van der Waals surface area contributed by atoms with Crippen LogP contribution in [0.2, 0.25) is 0 Å². The lowest BCUT2D eigenvalue weighted by Gasteiger charge is -2.11. The topological polar surface area (TPSA) is 56.2 Å². The first-order valence-corrected chi connectivity index (χ1v) is 5.23. The number of nitrogen functional groups attached to an aromatic ring is 1. The van der Waals surface area contributed by atoms with Crippen LogP contribution in [0.15, 0.2) is 15.3 Å². The molecule has 2 aromatic rings. The number of hydrogen-bond acceptors (Lipinski definition) is 3. The molecule has 0 radical (unpaired) electrons. The molecule has 0 bridgehead atoms. The standard InChI is InChI=1S/C13H15NO2/c1-6-5-10-11(9(4)12(6)14)7(2)8(3)13(15)16-10/h5H,14H2,1-4H3. The van der Waals surface area contributed by atoms with Crippen molar-refractivity contribution in [2.24, 2.45) is 0 Å². The molecule has 16 heavy (non-hydrogen) atoms. The van der Waals surface area contributed by atoms with Gasteiger partial charge in [0.05, 0.1) is 0 Å². The third kappa shape index (κ3) is 1.32. The van der Waals surface area contributed by atoms with Gasteiger partial charge in [0.15, 0.2) is 0 Å². The highest BCUT2D eigenvalue weighted by Crippen LogP contribution is 2.29. The lowest BCUT2D eigenvalue weighted by Crippen LogP contribution is -2.07. The van der Waals surface area contributed by atoms with Gasteiger partial charge in [0, 0.05) is 16.6 Å². The molecule has 0 amide bonds. The summed E-state index contributed by atoms with van der Waals surface area (Å²) < 4.78 is 5.28. The van der Waals surface area contributed by atoms with Gasteiger partial charge >= 0.3 is 5.63 Å². The number of aryl methyl sites for hydroxylation is 3. The Balaban J connectivity index is 3.09. The fourth-order valence-corrected chi connectivity index (χ4v) is 2.03. The Hall–Kier alpha value is -1.77. The number of hydrogen-bond donors (Lipinski definition) is 1. The summed E-state index contributed by atoms with van der Waals surface area (Å²) in [7, 11) is 0. The summed E-state index contributed by atoms with van der Waals surface area (Å²) in [4.78, 5) is 11.6. The van der Waals surface area contributed by atoms with E-state index < -0.39 is 0 Å². The number of rotatable bonds is 0. The van der Waals surface area contributed by atoms with E-state index in [1.165, 1.54) is 0 Å². The smallest absolute Gasteiger partial charge is 0.339 e. The van der Waals surface area contributed by atoms with Gasteiger partial charge in [-0.25, -0.2) is 4.79 Å². The second-order valence-electron chi connectivity index (χ2n) is 4.24. The van der Waals surface area contributed by atoms with Crippen LogP contribution >= 0.6 is 0 Å². The van der Waals surface area contributed by atoms with Gasteiger partial charge in [-0.15, -0.1) is 0 Å². The average molecular weight is 217 g/mol. The Labute approximate surface area is 93.9 Å². The molecule has 3 nitrogen and oxygen atoms in total. The normalized spacial score (nSPS) is 11.0. The molecule has 0 unspecified atom stereocenters. The van der Waals surface area contributed by atoms with Crippen LogP contribution in [0.3, 0.4) is 0 Å². The predicted octanol–water partition coefficient (Wildman–Crippen LogP) is 2.61. The van der Waals surface area contributed by atoms with Crippen molar-refractivity contribution in [3.8, 4) is 0 Å². The van der Waals surface area contributed by atoms with Crippen molar-refractivity contribution >= 4 is 16.7 Å². The van der Waals surface area contributed by atoms with E-state index >= 15 is 0 Å². The molecule has 1 aromatic carbocycles. The third-order valence-electron chi connectivity index (χ3n) is 3.24. The molecule has 1 heterocycles. The molecule has 0 aliphatic rings. The Morgan fingerprint density at radius 3 is 2.31 bits per heavy atom. The molecule has 0 saturated carbocycles. The zero-order valence-electron chi connectivity index (χ0n) is 9.97. The number of anilines is 1. The highest BCUT2D eigenvalue weighted by molar-refractivity contribution is 5.89. The Bertz CT molecular complexity index is 639. The number of fused-ring (bicyclic) bond motifs is 1. The van der Waals surface area contributed by atoms with Crippen molar-refractivity contribution in [3.05, 3.63) is 38.7 Å². The van der Waals surface area contributed by atoms with E-state index in [2.05, 4.69) is 0 Å². The lowest BCUT2D eigenvalue weighted by atomic mass is 9.99. The zero-order valence-corrected chi connectivity index (χ0v) is 9.97. The van der Waals surface area contributed by atoms with Gasteiger partial charge in [-0.1, -0.05) is 0 Å². The number of nitrogens with two attached hydrogens (primary N) is 1. The Kier molecular flexibility index (Phi) is 2.26. The van der Waals surface area contributed by atoms with E-state index in [0.29, 0.717) is 11.1 Å². The molecule has 0 fully saturated rings. The fourth-order valence-electron chi connectivity index (χ4n) is 2.03. The van der Waals surface area contributed by atoms with Gasteiger partial charge in [0.1, 0.15) is 5.58 Å². The summed E-state index contributed by atoms with van der Waals surface area (Å²) >= 11 is 0. The van der Waals surface area contributed by atoms with Crippen molar-refractivity contribution in [3.63, 3.8) is 0 Å². The van der Waals surface area contributed by atoms with E-state index in [-0.39, 0.29) is 5.63 Å². The van der Waals surface area contributed by atoms with Crippen molar-refractivity contribution in [2.75, 3.05) is 5.73 Å². The maximum atomic E-state index is 11.6. The van der Waals surface area contributed by atoms with Crippen molar-refractivity contribution in [2.45, 2.75) is 27.7 Å². The van der Waals surface area contributed by atoms with Crippen LogP contribution in [-0.2, 0) is 0 Å². The summed E-state index contributed by atoms with van der Waals surface area (Å²) in [6.07, 6.45) is 0. The number of benzene rings is 1. The maximum absolute atomic E-state index is 11.6. The summed E-state index contributed by atoms with van der Waals surface area (Å²) in [6.45, 7) is 7.57. The molecule has 84 valence electrons. The first-order valence-electron chi connectivity index (χ1n) is 5.23. The minimum absolute atomic E-state index is 0.270. The quantitative estimate of drug-likeness (QED) is 0.545. The minimum atomic E-state index is -0.270. The van der Waals surface area contributed by atoms with Gasteiger partial charge in [0.2, 0.25) is 0 Å². The molecule has 0 aliphatic carbocycles. The Morgan fingerprint density at radius 1 is 1.06 bits per heavy atom. The Morgan fingerprint density at radius 2 is 1.69 bits per heavy atom. The van der Waals surface area contributed by atoms with Crippen LogP contribution in [0.25, 0.3) is 11.0 Å². The molecular weight excluding hydrogens is 202 g/mol. The van der Waals surface area contributed by atoms with Crippen molar-refractivity contribution in [1.29, 1.82) is 0 Å². The second kappa shape index (κ2) is 3.37. The second-order valence-corrected chi connectivity index (χ2v) is 4.24. The predicted molar refractivity (Wildman–Crippen MR) is 65.8 cm³/mol. The van der Waals surface area contributed by atoms with Gasteiger partial charge in [-0.2, -0.15) is 0 Å². The van der Waals surface area contributed by atoms with Crippen LogP contribution in [-0.4, -0.2) is 0 Å². The highest BCUT2D eigenvalue weighted by atomic mass is 16.4. The fraction of sp³-hybridized carbons (Fsp3) is 0.308. The van der Waals surface area contributed by atoms with Crippen LogP contribution in [0.1, 0.15) is 22.3 Å².